The predicted octanol–water partition coefficient (Wildman–Crippen LogP) is 17.8. The van der Waals surface area contributed by atoms with E-state index in [9.17, 15) is 0 Å². The van der Waals surface area contributed by atoms with E-state index in [1.54, 1.807) is 0 Å². The molecule has 0 radical (unpaired) electrons. The predicted molar refractivity (Wildman–Crippen MR) is 397 cm³/mol. The van der Waals surface area contributed by atoms with Crippen LogP contribution in [0.3, 0.4) is 0 Å². The fourth-order valence-corrected chi connectivity index (χ4v) is 14.6. The van der Waals surface area contributed by atoms with Gasteiger partial charge in [0.2, 0.25) is 0 Å². The van der Waals surface area contributed by atoms with Crippen LogP contribution < -0.4 is 31.7 Å². The Morgan fingerprint density at radius 1 is 0.379 bits per heavy atom. The molecule has 0 aromatic heterocycles. The molecule has 4 fully saturated rings. The molecule has 0 spiro atoms. The van der Waals surface area contributed by atoms with Crippen LogP contribution in [0, 0.1) is 13.8 Å². The molecular weight excluding hydrogens is 1170 g/mol. The summed E-state index contributed by atoms with van der Waals surface area (Å²) in [6.07, 6.45) is 7.88. The lowest BCUT2D eigenvalue weighted by atomic mass is 9.74. The molecule has 12 rings (SSSR count). The second-order valence-electron chi connectivity index (χ2n) is 32.2. The van der Waals surface area contributed by atoms with Crippen molar-refractivity contribution in [3.63, 3.8) is 0 Å². The van der Waals surface area contributed by atoms with E-state index in [4.69, 9.17) is 37.2 Å². The number of nitrogens with zero attached hydrogens (tertiary/aromatic N) is 2. The van der Waals surface area contributed by atoms with Gasteiger partial charge in [0, 0.05) is 39.5 Å². The maximum atomic E-state index is 7.40. The average molecular weight is 1280 g/mol. The van der Waals surface area contributed by atoms with E-state index in [0.717, 1.165) is 93.6 Å². The van der Waals surface area contributed by atoms with Crippen molar-refractivity contribution in [1.82, 2.24) is 0 Å². The Labute approximate surface area is 571 Å². The Bertz CT molecular complexity index is 3930. The third-order valence-electron chi connectivity index (χ3n) is 23.6. The van der Waals surface area contributed by atoms with Crippen LogP contribution in [-0.2, 0) is 49.1 Å². The van der Waals surface area contributed by atoms with E-state index in [0.29, 0.717) is 18.8 Å². The largest absolute Gasteiger partial charge is 0.495 e. The minimum Gasteiger partial charge on any atom is -0.399 e. The molecular formula is C81H104B4N2O8. The highest BCUT2D eigenvalue weighted by atomic mass is 16.7. The van der Waals surface area contributed by atoms with Crippen molar-refractivity contribution < 1.29 is 37.2 Å². The fourth-order valence-electron chi connectivity index (χ4n) is 14.6. The fraction of sp³-hybridized carbons (Fsp3) is 0.481. The van der Waals surface area contributed by atoms with Gasteiger partial charge in [-0.1, -0.05) is 132 Å². The molecule has 1 aliphatic carbocycles. The molecule has 95 heavy (non-hydrogen) atoms. The summed E-state index contributed by atoms with van der Waals surface area (Å²) in [5.41, 5.74) is 16.1. The molecule has 4 saturated heterocycles. The summed E-state index contributed by atoms with van der Waals surface area (Å²) in [6, 6.07) is 53.9. The molecule has 5 aliphatic rings. The normalized spacial score (nSPS) is 22.7. The number of hydrogen-bond donors (Lipinski definition) is 0. The van der Waals surface area contributed by atoms with Crippen molar-refractivity contribution in [1.29, 1.82) is 0 Å². The minimum atomic E-state index is -0.674. The van der Waals surface area contributed by atoms with Gasteiger partial charge in [-0.3, -0.25) is 0 Å². The van der Waals surface area contributed by atoms with Crippen LogP contribution in [0.25, 0.3) is 11.1 Å². The highest BCUT2D eigenvalue weighted by Crippen LogP contribution is 2.52. The first kappa shape index (κ1) is 69.0. The van der Waals surface area contributed by atoms with Crippen LogP contribution in [0.5, 0.6) is 0 Å². The van der Waals surface area contributed by atoms with Gasteiger partial charge in [-0.15, -0.1) is 0 Å². The third-order valence-corrected chi connectivity index (χ3v) is 23.6. The summed E-state index contributed by atoms with van der Waals surface area (Å²) in [5, 5.41) is 0. The van der Waals surface area contributed by atoms with Gasteiger partial charge in [-0.2, -0.15) is 0 Å². The van der Waals surface area contributed by atoms with Gasteiger partial charge in [0.25, 0.3) is 0 Å². The van der Waals surface area contributed by atoms with Gasteiger partial charge < -0.3 is 47.0 Å². The molecule has 0 amide bonds. The molecule has 7 aromatic rings. The molecule has 3 atom stereocenters. The number of anilines is 6. The lowest BCUT2D eigenvalue weighted by molar-refractivity contribution is -0.0576. The van der Waals surface area contributed by atoms with Gasteiger partial charge in [0.15, 0.2) is 0 Å². The van der Waals surface area contributed by atoms with Crippen molar-refractivity contribution in [2.45, 2.75) is 253 Å². The first-order valence-electron chi connectivity index (χ1n) is 35.4. The molecule has 4 aliphatic heterocycles. The molecule has 14 heteroatoms. The zero-order valence-corrected chi connectivity index (χ0v) is 61.1. The lowest BCUT2D eigenvalue weighted by Crippen LogP contribution is -2.50. The lowest BCUT2D eigenvalue weighted by Gasteiger charge is -2.42. The zero-order chi connectivity index (χ0) is 68.2. The van der Waals surface area contributed by atoms with Gasteiger partial charge >= 0.3 is 28.5 Å². The van der Waals surface area contributed by atoms with Crippen molar-refractivity contribution in [3.8, 4) is 11.1 Å². The Kier molecular flexibility index (Phi) is 18.2. The van der Waals surface area contributed by atoms with E-state index >= 15 is 0 Å². The highest BCUT2D eigenvalue weighted by Gasteiger charge is 2.60. The van der Waals surface area contributed by atoms with Crippen LogP contribution in [0.15, 0.2) is 146 Å². The molecule has 3 unspecified atom stereocenters. The minimum absolute atomic E-state index is 0.184. The molecule has 498 valence electrons. The summed E-state index contributed by atoms with van der Waals surface area (Å²) < 4.78 is 54.9. The van der Waals surface area contributed by atoms with Gasteiger partial charge in [-0.25, -0.2) is 0 Å². The quantitative estimate of drug-likeness (QED) is 0.0544. The number of hydrogen-bond acceptors (Lipinski definition) is 10. The number of unbranched alkanes of at least 4 members (excludes halogenated alkanes) is 3. The Morgan fingerprint density at radius 2 is 0.779 bits per heavy atom. The molecule has 0 N–H and O–H groups in total. The zero-order valence-electron chi connectivity index (χ0n) is 61.1. The molecule has 0 bridgehead atoms. The van der Waals surface area contributed by atoms with E-state index in [2.05, 4.69) is 301 Å². The number of rotatable bonds is 20. The van der Waals surface area contributed by atoms with Crippen molar-refractivity contribution >= 4 is 84.4 Å². The SMILES string of the molecule is CCCCCCc1cc(N(c2ccc(B3OC(C)(C)C(C)(C)O3)c(C)c2)c2ccc3c(c2)C(C)(C)c2cc(C)ccc2-3)ccc1B1OC(C)(C)C(C)(CCC2(C)OB(c3ccc(N(c4ccc(B5OC(C)(C)C(C)(C)O5)cc4)c4ccc(C(C)CC)cc4)cc3)OC2(C)C)O1. The van der Waals surface area contributed by atoms with E-state index in [1.165, 1.54) is 45.4 Å². The smallest absolute Gasteiger partial charge is 0.399 e. The van der Waals surface area contributed by atoms with Crippen LogP contribution in [0.4, 0.5) is 34.1 Å². The number of aryl methyl sites for hydroxylation is 3. The van der Waals surface area contributed by atoms with Gasteiger partial charge in [-0.05, 0) is 282 Å². The maximum Gasteiger partial charge on any atom is 0.495 e. The second-order valence-corrected chi connectivity index (χ2v) is 32.2. The molecule has 7 aromatic carbocycles. The summed E-state index contributed by atoms with van der Waals surface area (Å²) >= 11 is 0. The third kappa shape index (κ3) is 12.7. The summed E-state index contributed by atoms with van der Waals surface area (Å²) in [4.78, 5) is 4.75. The highest BCUT2D eigenvalue weighted by molar-refractivity contribution is 6.64. The first-order chi connectivity index (χ1) is 44.6. The van der Waals surface area contributed by atoms with Gasteiger partial charge in [0.1, 0.15) is 0 Å². The van der Waals surface area contributed by atoms with E-state index < -0.39 is 73.3 Å². The van der Waals surface area contributed by atoms with Crippen LogP contribution in [0.2, 0.25) is 0 Å². The molecule has 0 saturated carbocycles. The molecule has 10 nitrogen and oxygen atoms in total. The van der Waals surface area contributed by atoms with E-state index in [1.807, 2.05) is 0 Å². The maximum absolute atomic E-state index is 7.40. The van der Waals surface area contributed by atoms with Crippen LogP contribution in [-0.4, -0.2) is 73.3 Å². The van der Waals surface area contributed by atoms with Crippen LogP contribution >= 0.6 is 0 Å². The monoisotopic (exact) mass is 1280 g/mol. The van der Waals surface area contributed by atoms with Gasteiger partial charge in [0.05, 0.1) is 44.8 Å². The van der Waals surface area contributed by atoms with Crippen LogP contribution in [0.1, 0.15) is 216 Å². The topological polar surface area (TPSA) is 80.3 Å². The average Bonchev–Trinajstić information content (AvgIpc) is 1.59. The molecule has 4 heterocycles. The standard InChI is InChI=1S/C81H104B4N2O8/c1-22-24-25-26-27-58-52-65(87(64-42-46-71(56(5)51-64)84-90-76(12,13)77(14,15)91-84)66-41-45-68-67-44-28-54(3)50-69(67)73(6,7)70(68)53-66)43-47-72(58)85-93-79(18,19)81(21,95-85)49-48-80(20)78(16,17)92-83(94-80)60-33-39-63(40-34-60)86(61-35-29-57(30-36-61)55(4)23-2)62-37-31-59(32-38-62)82-88-74(8,9)75(10,11)89-82/h28-47,50-53,55H,22-27,48-49H2,1-21H3. The van der Waals surface area contributed by atoms with Crippen molar-refractivity contribution in [2.75, 3.05) is 9.80 Å². The number of benzene rings is 7. The first-order valence-corrected chi connectivity index (χ1v) is 35.4. The van der Waals surface area contributed by atoms with Crippen molar-refractivity contribution in [3.05, 3.63) is 179 Å². The Morgan fingerprint density at radius 3 is 1.31 bits per heavy atom. The van der Waals surface area contributed by atoms with Crippen molar-refractivity contribution in [2.24, 2.45) is 0 Å². The second kappa shape index (κ2) is 25.1. The Balaban J connectivity index is 0.809. The summed E-state index contributed by atoms with van der Waals surface area (Å²) in [5.74, 6) is 0.471. The Hall–Kier alpha value is -5.92. The number of fused-ring (bicyclic) bond motifs is 3. The summed E-state index contributed by atoms with van der Waals surface area (Å²) in [7, 11) is -2.07. The summed E-state index contributed by atoms with van der Waals surface area (Å²) in [6.45, 7) is 45.9. The van der Waals surface area contributed by atoms with E-state index in [-0.39, 0.29) is 5.41 Å².